The fourth-order valence-electron chi connectivity index (χ4n) is 1.25. The second-order valence-corrected chi connectivity index (χ2v) is 5.20. The highest BCUT2D eigenvalue weighted by atomic mass is 79.9. The molecule has 2 aromatic rings. The maximum absolute atomic E-state index is 13.6. The van der Waals surface area contributed by atoms with Crippen LogP contribution in [0.5, 0.6) is 0 Å². The summed E-state index contributed by atoms with van der Waals surface area (Å²) in [6.07, 6.45) is 1.05. The Kier molecular flexibility index (Phi) is 4.20. The molecule has 3 nitrogen and oxygen atoms in total. The average Bonchev–Trinajstić information content (AvgIpc) is 2.79. The van der Waals surface area contributed by atoms with E-state index in [0.29, 0.717) is 5.13 Å². The van der Waals surface area contributed by atoms with E-state index >= 15 is 0 Å². The molecule has 0 bridgehead atoms. The van der Waals surface area contributed by atoms with Gasteiger partial charge >= 0.3 is 0 Å². The van der Waals surface area contributed by atoms with Gasteiger partial charge in [-0.15, -0.1) is 11.3 Å². The van der Waals surface area contributed by atoms with Gasteiger partial charge in [0.1, 0.15) is 5.82 Å². The molecule has 0 saturated heterocycles. The molecule has 0 saturated carbocycles. The minimum atomic E-state index is -1.27. The lowest BCUT2D eigenvalue weighted by molar-refractivity contribution is 0.487. The zero-order valence-electron chi connectivity index (χ0n) is 9.55. The molecule has 1 aromatic heterocycles. The van der Waals surface area contributed by atoms with Crippen LogP contribution >= 0.6 is 27.3 Å². The number of hydrazone groups is 1. The molecular formula is C11H7BrF3N3S. The fraction of sp³-hybridized carbons (Fsp3) is 0.0909. The Hall–Kier alpha value is -1.41. The van der Waals surface area contributed by atoms with Crippen LogP contribution in [-0.2, 0) is 0 Å². The van der Waals surface area contributed by atoms with Crippen molar-refractivity contribution in [2.75, 3.05) is 5.43 Å². The van der Waals surface area contributed by atoms with Crippen molar-refractivity contribution in [3.05, 3.63) is 44.6 Å². The first-order chi connectivity index (χ1) is 8.99. The molecule has 0 unspecified atom stereocenters. The molecular weight excluding hydrogens is 343 g/mol. The van der Waals surface area contributed by atoms with E-state index < -0.39 is 21.9 Å². The minimum absolute atomic E-state index is 0.174. The second kappa shape index (κ2) is 5.70. The molecule has 1 heterocycles. The molecule has 8 heteroatoms. The molecule has 0 atom stereocenters. The summed E-state index contributed by atoms with van der Waals surface area (Å²) in [6, 6.07) is 0.730. The Morgan fingerprint density at radius 3 is 2.74 bits per heavy atom. The molecule has 0 aliphatic rings. The summed E-state index contributed by atoms with van der Waals surface area (Å²) < 4.78 is 39.2. The summed E-state index contributed by atoms with van der Waals surface area (Å²) in [7, 11) is 0. The molecule has 0 spiro atoms. The van der Waals surface area contributed by atoms with Crippen LogP contribution in [0.4, 0.5) is 18.3 Å². The number of hydrogen-bond acceptors (Lipinski definition) is 4. The Morgan fingerprint density at radius 2 is 2.11 bits per heavy atom. The number of aryl methyl sites for hydroxylation is 1. The summed E-state index contributed by atoms with van der Waals surface area (Å²) >= 11 is 3.96. The van der Waals surface area contributed by atoms with E-state index in [2.05, 4.69) is 31.4 Å². The molecule has 100 valence electrons. The predicted molar refractivity (Wildman–Crippen MR) is 72.1 cm³/mol. The molecule has 0 amide bonds. The zero-order valence-corrected chi connectivity index (χ0v) is 11.9. The van der Waals surface area contributed by atoms with Crippen molar-refractivity contribution in [2.24, 2.45) is 5.10 Å². The van der Waals surface area contributed by atoms with Gasteiger partial charge < -0.3 is 0 Å². The fourth-order valence-corrected chi connectivity index (χ4v) is 2.30. The van der Waals surface area contributed by atoms with Crippen LogP contribution in [0.3, 0.4) is 0 Å². The highest BCUT2D eigenvalue weighted by molar-refractivity contribution is 9.10. The molecule has 1 aromatic carbocycles. The van der Waals surface area contributed by atoms with Gasteiger partial charge in [0.2, 0.25) is 5.13 Å². The first kappa shape index (κ1) is 14.0. The van der Waals surface area contributed by atoms with Gasteiger partial charge in [-0.05, 0) is 28.9 Å². The lowest BCUT2D eigenvalue weighted by atomic mass is 10.2. The van der Waals surface area contributed by atoms with E-state index in [-0.39, 0.29) is 5.56 Å². The third kappa shape index (κ3) is 3.13. The SMILES string of the molecule is Cc1csc(NN=Cc2cc(F)c(F)c(Br)c2F)n1. The van der Waals surface area contributed by atoms with Crippen molar-refractivity contribution in [1.29, 1.82) is 0 Å². The number of nitrogens with zero attached hydrogens (tertiary/aromatic N) is 2. The van der Waals surface area contributed by atoms with Gasteiger partial charge in [0.15, 0.2) is 11.6 Å². The van der Waals surface area contributed by atoms with Gasteiger partial charge in [0.05, 0.1) is 16.4 Å². The first-order valence-corrected chi connectivity index (χ1v) is 6.70. The average molecular weight is 350 g/mol. The van der Waals surface area contributed by atoms with Gasteiger partial charge in [0.25, 0.3) is 0 Å². The topological polar surface area (TPSA) is 37.3 Å². The number of anilines is 1. The third-order valence-corrected chi connectivity index (χ3v) is 3.67. The Balaban J connectivity index is 2.19. The van der Waals surface area contributed by atoms with Gasteiger partial charge in [-0.2, -0.15) is 5.10 Å². The maximum Gasteiger partial charge on any atom is 0.203 e. The van der Waals surface area contributed by atoms with Crippen LogP contribution in [0, 0.1) is 24.4 Å². The zero-order chi connectivity index (χ0) is 14.0. The van der Waals surface area contributed by atoms with E-state index in [9.17, 15) is 13.2 Å². The second-order valence-electron chi connectivity index (χ2n) is 3.55. The third-order valence-electron chi connectivity index (χ3n) is 2.11. The molecule has 0 radical (unpaired) electrons. The number of benzene rings is 1. The van der Waals surface area contributed by atoms with Crippen LogP contribution in [0.25, 0.3) is 0 Å². The Bertz CT molecular complexity index is 642. The summed E-state index contributed by atoms with van der Waals surface area (Å²) in [5, 5.41) is 6.06. The quantitative estimate of drug-likeness (QED) is 0.392. The number of halogens is 4. The van der Waals surface area contributed by atoms with Gasteiger partial charge in [0, 0.05) is 10.9 Å². The lowest BCUT2D eigenvalue weighted by Gasteiger charge is -2.02. The smallest absolute Gasteiger partial charge is 0.203 e. The van der Waals surface area contributed by atoms with Gasteiger partial charge in [-0.3, -0.25) is 5.43 Å². The molecule has 0 aliphatic heterocycles. The van der Waals surface area contributed by atoms with Crippen molar-refractivity contribution in [3.8, 4) is 0 Å². The maximum atomic E-state index is 13.6. The van der Waals surface area contributed by atoms with E-state index in [1.54, 1.807) is 0 Å². The molecule has 0 fully saturated rings. The molecule has 19 heavy (non-hydrogen) atoms. The summed E-state index contributed by atoms with van der Waals surface area (Å²) in [4.78, 5) is 4.07. The van der Waals surface area contributed by atoms with E-state index in [1.165, 1.54) is 11.3 Å². The van der Waals surface area contributed by atoms with Crippen LogP contribution < -0.4 is 5.43 Å². The van der Waals surface area contributed by atoms with Crippen molar-refractivity contribution >= 4 is 38.6 Å². The van der Waals surface area contributed by atoms with Crippen molar-refractivity contribution in [2.45, 2.75) is 6.92 Å². The first-order valence-electron chi connectivity index (χ1n) is 5.03. The highest BCUT2D eigenvalue weighted by Gasteiger charge is 2.15. The highest BCUT2D eigenvalue weighted by Crippen LogP contribution is 2.24. The largest absolute Gasteiger partial charge is 0.253 e. The van der Waals surface area contributed by atoms with E-state index in [4.69, 9.17) is 0 Å². The van der Waals surface area contributed by atoms with Crippen molar-refractivity contribution in [1.82, 2.24) is 4.98 Å². The number of aromatic nitrogens is 1. The Labute approximate surface area is 119 Å². The van der Waals surface area contributed by atoms with E-state index in [1.807, 2.05) is 12.3 Å². The van der Waals surface area contributed by atoms with Gasteiger partial charge in [-0.25, -0.2) is 18.2 Å². The van der Waals surface area contributed by atoms with Crippen molar-refractivity contribution < 1.29 is 13.2 Å². The summed E-state index contributed by atoms with van der Waals surface area (Å²) in [6.45, 7) is 1.82. The molecule has 0 aliphatic carbocycles. The van der Waals surface area contributed by atoms with Crippen LogP contribution in [-0.4, -0.2) is 11.2 Å². The van der Waals surface area contributed by atoms with E-state index in [0.717, 1.165) is 18.0 Å². The van der Waals surface area contributed by atoms with Crippen molar-refractivity contribution in [3.63, 3.8) is 0 Å². The number of hydrogen-bond donors (Lipinski definition) is 1. The Morgan fingerprint density at radius 1 is 1.37 bits per heavy atom. The normalized spacial score (nSPS) is 11.2. The van der Waals surface area contributed by atoms with Crippen LogP contribution in [0.2, 0.25) is 0 Å². The summed E-state index contributed by atoms with van der Waals surface area (Å²) in [5.41, 5.74) is 3.22. The monoisotopic (exact) mass is 349 g/mol. The number of nitrogens with one attached hydrogen (secondary N) is 1. The predicted octanol–water partition coefficient (Wildman–Crippen LogP) is 4.08. The molecule has 1 N–H and O–H groups in total. The minimum Gasteiger partial charge on any atom is -0.253 e. The number of thiazole rings is 1. The summed E-state index contributed by atoms with van der Waals surface area (Å²) in [5.74, 6) is -3.34. The molecule has 2 rings (SSSR count). The van der Waals surface area contributed by atoms with Crippen LogP contribution in [0.15, 0.2) is 21.0 Å². The lowest BCUT2D eigenvalue weighted by Crippen LogP contribution is -1.98. The standard InChI is InChI=1S/C11H7BrF3N3S/c1-5-4-19-11(17-5)18-16-3-6-2-7(13)10(15)8(12)9(6)14/h2-4H,1H3,(H,17,18). The van der Waals surface area contributed by atoms with Gasteiger partial charge in [-0.1, -0.05) is 0 Å². The van der Waals surface area contributed by atoms with Crippen LogP contribution in [0.1, 0.15) is 11.3 Å². The number of rotatable bonds is 3.